The molecule has 0 spiro atoms. The molecule has 0 aromatic heterocycles. The Morgan fingerprint density at radius 2 is 0.462 bits per heavy atom. The average Bonchev–Trinajstić information content (AvgIpc) is 3.06. The zero-order valence-electron chi connectivity index (χ0n) is 18.9. The average molecular weight is 786 g/mol. The van der Waals surface area contributed by atoms with Gasteiger partial charge in [-0.05, 0) is 36.1 Å². The third-order valence-corrected chi connectivity index (χ3v) is 2.02. The van der Waals surface area contributed by atoms with Crippen LogP contribution in [0.1, 0.15) is 11.1 Å². The Morgan fingerprint density at radius 3 is 0.615 bits per heavy atom. The van der Waals surface area contributed by atoms with Gasteiger partial charge in [0.05, 0.1) is 0 Å². The smallest absolute Gasteiger partial charge is 0 e. The molecule has 0 amide bonds. The topological polar surface area (TPSA) is 199 Å². The first-order valence-electron chi connectivity index (χ1n) is 7.11. The van der Waals surface area contributed by atoms with Crippen LogP contribution >= 0.6 is 0 Å². The van der Waals surface area contributed by atoms with Crippen molar-refractivity contribution in [2.24, 2.45) is 0 Å². The number of benzene rings is 2. The van der Waals surface area contributed by atoms with Gasteiger partial charge in [-0.25, -0.2) is 0 Å². The van der Waals surface area contributed by atoms with Crippen LogP contribution < -0.4 is 0 Å². The molecular weight excluding hydrogens is 775 g/mol. The maximum atomic E-state index is 7.50. The van der Waals surface area contributed by atoms with Crippen molar-refractivity contribution in [3.05, 3.63) is 138 Å². The summed E-state index contributed by atoms with van der Waals surface area (Å²) in [7, 11) is 0. The van der Waals surface area contributed by atoms with E-state index in [-0.39, 0.29) is 58.4 Å². The normalized spacial score (nSPS) is 3.90. The summed E-state index contributed by atoms with van der Waals surface area (Å²) in [6, 6.07) is 19.7. The van der Waals surface area contributed by atoms with Crippen molar-refractivity contribution < 1.29 is 105 Å². The van der Waals surface area contributed by atoms with E-state index in [0.29, 0.717) is 0 Å². The van der Waals surface area contributed by atoms with Crippen molar-refractivity contribution in [2.75, 3.05) is 0 Å². The monoisotopic (exact) mass is 788 g/mol. The molecule has 0 aliphatic carbocycles. The van der Waals surface area contributed by atoms with Gasteiger partial charge in [-0.15, -0.1) is 0 Å². The maximum Gasteiger partial charge on any atom is 0 e. The summed E-state index contributed by atoms with van der Waals surface area (Å²) >= 11 is 0. The van der Waals surface area contributed by atoms with E-state index in [4.69, 9.17) is 46.5 Å². The molecule has 10 nitrogen and oxygen atoms in total. The molecule has 0 bridgehead atoms. The molecule has 13 heteroatoms. The SMILES string of the molecule is C(C#Cc1ccccc1)#Cc1ccccc1.[C-]#[O+].[C-]#[O+].[C-]#[O+].[C-]#[O+].[C-]#[O+].[C-]#[O+].[C-]#[O+].[C-]#[O+].[C-]#[O+].[C-]#[O+].[Ru].[Ru].[Ru]. The summed E-state index contributed by atoms with van der Waals surface area (Å²) in [5.74, 6) is 11.7. The van der Waals surface area contributed by atoms with Crippen LogP contribution in [0.25, 0.3) is 0 Å². The minimum Gasteiger partial charge on any atom is 0 e. The fourth-order valence-electron chi connectivity index (χ4n) is 1.25. The number of hydrogen-bond donors (Lipinski definition) is 0. The van der Waals surface area contributed by atoms with Crippen molar-refractivity contribution in [3.8, 4) is 23.7 Å². The maximum absolute atomic E-state index is 7.50. The predicted octanol–water partition coefficient (Wildman–Crippen LogP) is 2.71. The quantitative estimate of drug-likeness (QED) is 0.164. The van der Waals surface area contributed by atoms with E-state index in [2.05, 4.69) is 90.2 Å². The minimum absolute atomic E-state index is 0. The van der Waals surface area contributed by atoms with Gasteiger partial charge >= 0.3 is 113 Å². The molecule has 0 aliphatic heterocycles. The van der Waals surface area contributed by atoms with Crippen LogP contribution in [-0.2, 0) is 105 Å². The van der Waals surface area contributed by atoms with E-state index in [9.17, 15) is 0 Å². The molecule has 2 rings (SSSR count). The van der Waals surface area contributed by atoms with Gasteiger partial charge in [0.15, 0.2) is 0 Å². The van der Waals surface area contributed by atoms with Gasteiger partial charge in [0.2, 0.25) is 0 Å². The van der Waals surface area contributed by atoms with E-state index < -0.39 is 0 Å². The van der Waals surface area contributed by atoms with Gasteiger partial charge in [0.25, 0.3) is 0 Å². The molecule has 39 heavy (non-hydrogen) atoms. The summed E-state index contributed by atoms with van der Waals surface area (Å²) < 4.78 is 75.0. The number of rotatable bonds is 0. The largest absolute Gasteiger partial charge is 0 e. The van der Waals surface area contributed by atoms with Gasteiger partial charge in [-0.1, -0.05) is 48.2 Å². The van der Waals surface area contributed by atoms with E-state index in [1.54, 1.807) is 0 Å². The van der Waals surface area contributed by atoms with E-state index in [1.807, 2.05) is 60.7 Å². The fourth-order valence-corrected chi connectivity index (χ4v) is 1.25. The van der Waals surface area contributed by atoms with E-state index in [1.165, 1.54) is 0 Å². The second kappa shape index (κ2) is 141. The Labute approximate surface area is 265 Å². The van der Waals surface area contributed by atoms with Crippen LogP contribution in [0.2, 0.25) is 0 Å². The molecule has 0 heterocycles. The summed E-state index contributed by atoms with van der Waals surface area (Å²) in [6.07, 6.45) is 0. The Balaban J connectivity index is -0.0000000273. The van der Waals surface area contributed by atoms with Gasteiger partial charge < -0.3 is 0 Å². The third-order valence-electron chi connectivity index (χ3n) is 2.02. The molecule has 0 saturated carbocycles. The minimum atomic E-state index is 0. The zero-order valence-corrected chi connectivity index (χ0v) is 24.1. The Kier molecular flexibility index (Phi) is 276. The van der Waals surface area contributed by atoms with Crippen LogP contribution in [-0.4, -0.2) is 0 Å². The van der Waals surface area contributed by atoms with Crippen molar-refractivity contribution in [1.82, 2.24) is 0 Å². The predicted molar refractivity (Wildman–Crippen MR) is 106 cm³/mol. The Hall–Kier alpha value is -3.17. The standard InChI is InChI=1S/C16H10.10CO.3Ru/c1-3-9-15(10-4-1)13-7-8-14-16-11-5-2-6-12-16;10*1-2;;;/h1-6,9-12H;;;;;;;;;;;;;. The van der Waals surface area contributed by atoms with Gasteiger partial charge in [0, 0.05) is 69.6 Å². The molecule has 0 unspecified atom stereocenters. The first-order valence-corrected chi connectivity index (χ1v) is 7.11. The molecule has 0 fully saturated rings. The van der Waals surface area contributed by atoms with Crippen LogP contribution in [0.4, 0.5) is 0 Å². The first kappa shape index (κ1) is 76.5. The van der Waals surface area contributed by atoms with Crippen LogP contribution in [0.5, 0.6) is 0 Å². The molecule has 0 saturated heterocycles. The van der Waals surface area contributed by atoms with Gasteiger partial charge in [-0.2, -0.15) is 0 Å². The Bertz CT molecular complexity index is 855. The first-order chi connectivity index (χ1) is 17.9. The molecular formula is C26H10O10Ru3. The van der Waals surface area contributed by atoms with E-state index >= 15 is 0 Å². The van der Waals surface area contributed by atoms with Crippen molar-refractivity contribution in [1.29, 1.82) is 0 Å². The fraction of sp³-hybridized carbons (Fsp3) is 0. The second-order valence-corrected chi connectivity index (χ2v) is 3.23. The van der Waals surface area contributed by atoms with Crippen LogP contribution in [0.15, 0.2) is 60.7 Å². The summed E-state index contributed by atoms with van der Waals surface area (Å²) in [5, 5.41) is 0. The van der Waals surface area contributed by atoms with Crippen LogP contribution in [0.3, 0.4) is 0 Å². The molecule has 0 aliphatic rings. The Morgan fingerprint density at radius 1 is 0.308 bits per heavy atom. The van der Waals surface area contributed by atoms with Crippen molar-refractivity contribution >= 4 is 0 Å². The summed E-state index contributed by atoms with van der Waals surface area (Å²) in [4.78, 5) is 0. The second-order valence-electron chi connectivity index (χ2n) is 3.23. The number of hydrogen-bond acceptors (Lipinski definition) is 0. The van der Waals surface area contributed by atoms with Gasteiger partial charge in [-0.3, -0.25) is 0 Å². The van der Waals surface area contributed by atoms with Gasteiger partial charge in [0.1, 0.15) is 0 Å². The molecule has 0 atom stereocenters. The van der Waals surface area contributed by atoms with Crippen molar-refractivity contribution in [2.45, 2.75) is 0 Å². The van der Waals surface area contributed by atoms with E-state index in [0.717, 1.165) is 11.1 Å². The van der Waals surface area contributed by atoms with Crippen molar-refractivity contribution in [3.63, 3.8) is 0 Å². The molecule has 2 aromatic carbocycles. The molecule has 2 aromatic rings. The summed E-state index contributed by atoms with van der Waals surface area (Å²) in [6.45, 7) is 45.0. The third kappa shape index (κ3) is 95.5. The molecule has 198 valence electrons. The zero-order chi connectivity index (χ0) is 31.1. The molecule has 0 radical (unpaired) electrons. The van der Waals surface area contributed by atoms with Crippen LogP contribution in [0, 0.1) is 90.2 Å². The summed E-state index contributed by atoms with van der Waals surface area (Å²) in [5.41, 5.74) is 1.98. The molecule has 0 N–H and O–H groups in total.